The predicted molar refractivity (Wildman–Crippen MR) is 114 cm³/mol. The van der Waals surface area contributed by atoms with Crippen LogP contribution in [-0.2, 0) is 0 Å². The topological polar surface area (TPSA) is 54.5 Å². The zero-order valence-corrected chi connectivity index (χ0v) is 16.2. The Morgan fingerprint density at radius 1 is 1.00 bits per heavy atom. The number of aromatic amines is 1. The summed E-state index contributed by atoms with van der Waals surface area (Å²) >= 11 is 0. The highest BCUT2D eigenvalue weighted by Crippen LogP contribution is 2.26. The molecule has 0 spiro atoms. The zero-order valence-electron chi connectivity index (χ0n) is 16.2. The molecule has 4 aromatic rings. The summed E-state index contributed by atoms with van der Waals surface area (Å²) in [4.78, 5) is 8.27. The fourth-order valence-electron chi connectivity index (χ4n) is 3.04. The molecule has 2 heterocycles. The third-order valence-electron chi connectivity index (χ3n) is 4.64. The van der Waals surface area contributed by atoms with E-state index in [-0.39, 0.29) is 0 Å². The van der Waals surface area contributed by atoms with E-state index < -0.39 is 0 Å². The van der Waals surface area contributed by atoms with Crippen LogP contribution in [0.5, 0.6) is 0 Å². The Morgan fingerprint density at radius 3 is 2.61 bits per heavy atom. The highest BCUT2D eigenvalue weighted by atomic mass is 15.2. The van der Waals surface area contributed by atoms with E-state index in [4.69, 9.17) is 4.98 Å². The van der Waals surface area contributed by atoms with Gasteiger partial charge in [-0.1, -0.05) is 67.3 Å². The zero-order chi connectivity index (χ0) is 19.3. The van der Waals surface area contributed by atoms with Gasteiger partial charge in [-0.05, 0) is 31.4 Å². The second-order valence-electron chi connectivity index (χ2n) is 6.87. The average molecular weight is 366 g/mol. The smallest absolute Gasteiger partial charge is 0.182 e. The van der Waals surface area contributed by atoms with E-state index in [1.165, 1.54) is 5.56 Å². The highest BCUT2D eigenvalue weighted by Gasteiger charge is 2.13. The van der Waals surface area contributed by atoms with E-state index in [1.807, 2.05) is 24.3 Å². The van der Waals surface area contributed by atoms with Crippen LogP contribution in [0.2, 0.25) is 0 Å². The molecule has 0 fully saturated rings. The molecule has 0 unspecified atom stereocenters. The summed E-state index contributed by atoms with van der Waals surface area (Å²) in [6.07, 6.45) is 3.06. The van der Waals surface area contributed by atoms with Gasteiger partial charge in [0.15, 0.2) is 11.5 Å². The van der Waals surface area contributed by atoms with Gasteiger partial charge in [-0.25, -0.2) is 4.98 Å². The Bertz CT molecular complexity index is 1130. The number of para-hydroxylation sites is 1. The van der Waals surface area contributed by atoms with Crippen LogP contribution in [0.4, 0.5) is 0 Å². The van der Waals surface area contributed by atoms with Gasteiger partial charge in [0, 0.05) is 22.9 Å². The molecule has 0 radical (unpaired) electrons. The van der Waals surface area contributed by atoms with Gasteiger partial charge >= 0.3 is 0 Å². The summed E-state index contributed by atoms with van der Waals surface area (Å²) < 4.78 is 0. The summed E-state index contributed by atoms with van der Waals surface area (Å²) in [6.45, 7) is 4.23. The summed E-state index contributed by atoms with van der Waals surface area (Å²) in [5.41, 5.74) is 5.47. The fraction of sp³-hybridized carbons (Fsp3) is 0.208. The lowest BCUT2D eigenvalue weighted by Gasteiger charge is -2.05. The Balaban J connectivity index is 1.81. The molecule has 0 bridgehead atoms. The van der Waals surface area contributed by atoms with Gasteiger partial charge in [-0.15, -0.1) is 10.2 Å². The lowest BCUT2D eigenvalue weighted by Crippen LogP contribution is -2.00. The van der Waals surface area contributed by atoms with E-state index in [0.29, 0.717) is 11.5 Å². The molecule has 138 valence electrons. The third kappa shape index (κ3) is 3.79. The first kappa shape index (κ1) is 17.9. The van der Waals surface area contributed by atoms with Crippen LogP contribution in [0, 0.1) is 18.8 Å². The van der Waals surface area contributed by atoms with Crippen LogP contribution in [0.25, 0.3) is 33.7 Å². The first-order valence-electron chi connectivity index (χ1n) is 9.63. The van der Waals surface area contributed by atoms with Gasteiger partial charge in [-0.2, -0.15) is 0 Å². The minimum atomic E-state index is 0.604. The predicted octanol–water partition coefficient (Wildman–Crippen LogP) is 5.54. The molecule has 2 aromatic heterocycles. The molecular weight excluding hydrogens is 344 g/mol. The second-order valence-corrected chi connectivity index (χ2v) is 6.87. The number of rotatable bonds is 4. The van der Waals surface area contributed by atoms with Crippen molar-refractivity contribution in [1.82, 2.24) is 20.2 Å². The van der Waals surface area contributed by atoms with Gasteiger partial charge in [0.05, 0.1) is 5.69 Å². The number of nitrogens with zero attached hydrogens (tertiary/aromatic N) is 3. The number of fused-ring (bicyclic) bond motifs is 1. The monoisotopic (exact) mass is 366 g/mol. The van der Waals surface area contributed by atoms with E-state index >= 15 is 0 Å². The van der Waals surface area contributed by atoms with E-state index in [1.54, 1.807) is 0 Å². The van der Waals surface area contributed by atoms with E-state index in [0.717, 1.165) is 47.1 Å². The largest absolute Gasteiger partial charge is 0.353 e. The van der Waals surface area contributed by atoms with Crippen molar-refractivity contribution in [3.05, 3.63) is 65.9 Å². The average Bonchev–Trinajstić information content (AvgIpc) is 3.16. The fourth-order valence-corrected chi connectivity index (χ4v) is 3.04. The number of benzene rings is 2. The van der Waals surface area contributed by atoms with Gasteiger partial charge < -0.3 is 4.98 Å². The number of aromatic nitrogens is 4. The van der Waals surface area contributed by atoms with Crippen molar-refractivity contribution in [2.24, 2.45) is 0 Å². The SMILES string of the molecule is CCCCC#Cc1nnc(-c2ccc(C)cc2)nc1-c1cc2ccccc2[nH]1. The minimum Gasteiger partial charge on any atom is -0.353 e. The van der Waals surface area contributed by atoms with Crippen molar-refractivity contribution >= 4 is 10.9 Å². The summed E-state index contributed by atoms with van der Waals surface area (Å²) in [5.74, 6) is 6.98. The van der Waals surface area contributed by atoms with Crippen molar-refractivity contribution in [1.29, 1.82) is 0 Å². The van der Waals surface area contributed by atoms with Gasteiger partial charge in [-0.3, -0.25) is 0 Å². The number of hydrogen-bond donors (Lipinski definition) is 1. The maximum atomic E-state index is 4.83. The Morgan fingerprint density at radius 2 is 1.82 bits per heavy atom. The number of nitrogens with one attached hydrogen (secondary N) is 1. The molecule has 28 heavy (non-hydrogen) atoms. The molecule has 0 saturated heterocycles. The summed E-state index contributed by atoms with van der Waals surface area (Å²) in [6, 6.07) is 18.4. The van der Waals surface area contributed by atoms with E-state index in [9.17, 15) is 0 Å². The first-order valence-corrected chi connectivity index (χ1v) is 9.63. The molecule has 0 aliphatic rings. The molecule has 0 saturated carbocycles. The summed E-state index contributed by atoms with van der Waals surface area (Å²) in [5, 5.41) is 9.89. The van der Waals surface area contributed by atoms with Crippen LogP contribution < -0.4 is 0 Å². The third-order valence-corrected chi connectivity index (χ3v) is 4.64. The molecule has 4 heteroatoms. The van der Waals surface area contributed by atoms with Gasteiger partial charge in [0.2, 0.25) is 0 Å². The molecule has 4 nitrogen and oxygen atoms in total. The van der Waals surface area contributed by atoms with Crippen LogP contribution in [0.1, 0.15) is 37.4 Å². The lowest BCUT2D eigenvalue weighted by atomic mass is 10.1. The maximum Gasteiger partial charge on any atom is 0.182 e. The van der Waals surface area contributed by atoms with Crippen molar-refractivity contribution in [2.45, 2.75) is 33.1 Å². The molecule has 0 aliphatic carbocycles. The van der Waals surface area contributed by atoms with Crippen molar-refractivity contribution in [3.8, 4) is 34.6 Å². The molecule has 0 aliphatic heterocycles. The molecule has 1 N–H and O–H groups in total. The number of H-pyrrole nitrogens is 1. The Hall–Kier alpha value is -3.45. The Labute approximate surface area is 165 Å². The van der Waals surface area contributed by atoms with Crippen molar-refractivity contribution < 1.29 is 0 Å². The Kier molecular flexibility index (Phi) is 5.16. The molecule has 0 atom stereocenters. The summed E-state index contributed by atoms with van der Waals surface area (Å²) in [7, 11) is 0. The maximum absolute atomic E-state index is 4.83. The molecular formula is C24H22N4. The number of unbranched alkanes of at least 4 members (excludes halogenated alkanes) is 2. The standard InChI is InChI=1S/C24H22N4/c1-3-4-5-6-11-21-23(22-16-19-9-7-8-10-20(19)25-22)26-24(28-27-21)18-14-12-17(2)13-15-18/h7-10,12-16,25H,3-5H2,1-2H3. The van der Waals surface area contributed by atoms with Gasteiger partial charge in [0.25, 0.3) is 0 Å². The molecule has 0 amide bonds. The highest BCUT2D eigenvalue weighted by molar-refractivity contribution is 5.86. The normalized spacial score (nSPS) is 10.6. The van der Waals surface area contributed by atoms with Crippen molar-refractivity contribution in [3.63, 3.8) is 0 Å². The molecule has 2 aromatic carbocycles. The van der Waals surface area contributed by atoms with Crippen LogP contribution in [0.15, 0.2) is 54.6 Å². The second kappa shape index (κ2) is 8.06. The molecule has 4 rings (SSSR count). The number of aryl methyl sites for hydroxylation is 1. The van der Waals surface area contributed by atoms with Crippen LogP contribution in [-0.4, -0.2) is 20.2 Å². The minimum absolute atomic E-state index is 0.604. The quantitative estimate of drug-likeness (QED) is 0.381. The van der Waals surface area contributed by atoms with E-state index in [2.05, 4.69) is 71.2 Å². The van der Waals surface area contributed by atoms with Crippen LogP contribution in [0.3, 0.4) is 0 Å². The van der Waals surface area contributed by atoms with Gasteiger partial charge in [0.1, 0.15) is 5.69 Å². The number of hydrogen-bond acceptors (Lipinski definition) is 3. The van der Waals surface area contributed by atoms with Crippen LogP contribution >= 0.6 is 0 Å². The lowest BCUT2D eigenvalue weighted by molar-refractivity contribution is 0.828. The van der Waals surface area contributed by atoms with Crippen molar-refractivity contribution in [2.75, 3.05) is 0 Å². The first-order chi connectivity index (χ1) is 13.7.